The van der Waals surface area contributed by atoms with Gasteiger partial charge in [0, 0.05) is 30.3 Å². The normalized spacial score (nSPS) is 15.3. The van der Waals surface area contributed by atoms with Crippen molar-refractivity contribution in [2.75, 3.05) is 5.75 Å². The molecule has 0 fully saturated rings. The van der Waals surface area contributed by atoms with Gasteiger partial charge in [0.1, 0.15) is 18.2 Å². The quantitative estimate of drug-likeness (QED) is 0.172. The lowest BCUT2D eigenvalue weighted by atomic mass is 9.83. The number of carbonyl (C=O) groups is 3. The minimum absolute atomic E-state index is 0.151. The van der Waals surface area contributed by atoms with Gasteiger partial charge in [0.25, 0.3) is 5.91 Å². The Bertz CT molecular complexity index is 1190. The van der Waals surface area contributed by atoms with Gasteiger partial charge in [-0.3, -0.25) is 19.4 Å². The Hall–Kier alpha value is -3.46. The Kier molecular flexibility index (Phi) is 15.2. The lowest BCUT2D eigenvalue weighted by molar-refractivity contribution is -0.128. The number of rotatable bonds is 18. The molecule has 10 nitrogen and oxygen atoms in total. The molecular formula is C32H45N5O5S. The van der Waals surface area contributed by atoms with E-state index < -0.39 is 47.6 Å². The minimum atomic E-state index is -1.60. The van der Waals surface area contributed by atoms with Gasteiger partial charge in [0.2, 0.25) is 11.8 Å². The molecule has 5 atom stereocenters. The van der Waals surface area contributed by atoms with E-state index in [4.69, 9.17) is 0 Å². The molecular weight excluding hydrogens is 566 g/mol. The third kappa shape index (κ3) is 11.6. The highest BCUT2D eigenvalue weighted by atomic mass is 32.2. The number of pyridine rings is 1. The van der Waals surface area contributed by atoms with Crippen LogP contribution in [0.1, 0.15) is 75.7 Å². The number of nitriles is 1. The zero-order valence-corrected chi connectivity index (χ0v) is 26.3. The monoisotopic (exact) mass is 611 g/mol. The van der Waals surface area contributed by atoms with Gasteiger partial charge in [-0.1, -0.05) is 57.0 Å². The second-order valence-electron chi connectivity index (χ2n) is 11.0. The first-order chi connectivity index (χ1) is 20.5. The predicted molar refractivity (Wildman–Crippen MR) is 168 cm³/mol. The molecule has 3 amide bonds. The first-order valence-electron chi connectivity index (χ1n) is 14.7. The van der Waals surface area contributed by atoms with E-state index in [2.05, 4.69) is 34.8 Å². The third-order valence-electron chi connectivity index (χ3n) is 7.19. The third-order valence-corrected chi connectivity index (χ3v) is 8.66. The van der Waals surface area contributed by atoms with Gasteiger partial charge in [0.15, 0.2) is 0 Å². The van der Waals surface area contributed by atoms with Gasteiger partial charge in [-0.05, 0) is 43.9 Å². The maximum absolute atomic E-state index is 13.8. The lowest BCUT2D eigenvalue weighted by Gasteiger charge is -2.39. The topological polar surface area (TPSA) is 164 Å². The number of hydrogen-bond donors (Lipinski definition) is 5. The van der Waals surface area contributed by atoms with E-state index in [1.54, 1.807) is 30.1 Å². The molecule has 0 bridgehead atoms. The van der Waals surface area contributed by atoms with Gasteiger partial charge in [-0.2, -0.15) is 17.0 Å². The molecule has 0 aliphatic carbocycles. The smallest absolute Gasteiger partial charge is 0.253 e. The molecule has 0 saturated heterocycles. The number of aromatic nitrogens is 1. The van der Waals surface area contributed by atoms with Crippen molar-refractivity contribution in [2.45, 2.75) is 101 Å². The van der Waals surface area contributed by atoms with Crippen LogP contribution in [0.5, 0.6) is 0 Å². The first-order valence-corrected chi connectivity index (χ1v) is 15.8. The van der Waals surface area contributed by atoms with Crippen LogP contribution in [0.15, 0.2) is 54.9 Å². The van der Waals surface area contributed by atoms with Crippen molar-refractivity contribution in [2.24, 2.45) is 0 Å². The Morgan fingerprint density at radius 3 is 2.28 bits per heavy atom. The molecule has 5 N–H and O–H groups in total. The molecule has 1 heterocycles. The van der Waals surface area contributed by atoms with Crippen molar-refractivity contribution < 1.29 is 24.6 Å². The summed E-state index contributed by atoms with van der Waals surface area (Å²) in [4.78, 5) is 42.8. The average molecular weight is 612 g/mol. The highest BCUT2D eigenvalue weighted by Crippen LogP contribution is 2.24. The van der Waals surface area contributed by atoms with Crippen LogP contribution in [-0.4, -0.2) is 73.8 Å². The van der Waals surface area contributed by atoms with Crippen LogP contribution in [0.2, 0.25) is 0 Å². The van der Waals surface area contributed by atoms with Crippen molar-refractivity contribution in [3.05, 3.63) is 66.0 Å². The molecule has 2 rings (SSSR count). The van der Waals surface area contributed by atoms with Crippen molar-refractivity contribution in [1.29, 1.82) is 5.26 Å². The Labute approximate surface area is 259 Å². The SMILES string of the molecule is CCCC(CCC)SC[C@@H](NC(=O)c1cccnc1)C(=O)N[C@@H](Cc1ccccc1)[C@@H](O)[C@H](O)C(C)(CC#N)NC(C)=O. The Balaban J connectivity index is 2.38. The number of aliphatic hydroxyl groups is 2. The second-order valence-corrected chi connectivity index (χ2v) is 12.3. The fourth-order valence-corrected chi connectivity index (χ4v) is 6.41. The summed E-state index contributed by atoms with van der Waals surface area (Å²) in [6.45, 7) is 6.95. The lowest BCUT2D eigenvalue weighted by Crippen LogP contribution is -2.63. The molecule has 0 aliphatic heterocycles. The van der Waals surface area contributed by atoms with Crippen LogP contribution in [0, 0.1) is 11.3 Å². The van der Waals surface area contributed by atoms with Crippen molar-refractivity contribution in [3.63, 3.8) is 0 Å². The molecule has 234 valence electrons. The van der Waals surface area contributed by atoms with E-state index >= 15 is 0 Å². The summed E-state index contributed by atoms with van der Waals surface area (Å²) < 4.78 is 0. The van der Waals surface area contributed by atoms with Gasteiger partial charge in [-0.15, -0.1) is 0 Å². The van der Waals surface area contributed by atoms with Crippen LogP contribution in [0.4, 0.5) is 0 Å². The second kappa shape index (κ2) is 18.3. The van der Waals surface area contributed by atoms with Crippen molar-refractivity contribution >= 4 is 29.5 Å². The molecule has 1 unspecified atom stereocenters. The number of hydrogen-bond acceptors (Lipinski definition) is 8. The zero-order chi connectivity index (χ0) is 31.8. The van der Waals surface area contributed by atoms with E-state index in [0.717, 1.165) is 31.2 Å². The van der Waals surface area contributed by atoms with Crippen LogP contribution in [-0.2, 0) is 16.0 Å². The molecule has 43 heavy (non-hydrogen) atoms. The summed E-state index contributed by atoms with van der Waals surface area (Å²) in [5.74, 6) is -1.15. The van der Waals surface area contributed by atoms with E-state index in [9.17, 15) is 29.9 Å². The maximum atomic E-state index is 13.8. The number of nitrogens with one attached hydrogen (secondary N) is 3. The summed E-state index contributed by atoms with van der Waals surface area (Å²) in [6.07, 6.45) is 3.64. The number of thioether (sulfide) groups is 1. The summed E-state index contributed by atoms with van der Waals surface area (Å²) in [5, 5.41) is 40.7. The highest BCUT2D eigenvalue weighted by Gasteiger charge is 2.42. The van der Waals surface area contributed by atoms with Crippen LogP contribution in [0.25, 0.3) is 0 Å². The molecule has 0 spiro atoms. The van der Waals surface area contributed by atoms with E-state index in [-0.39, 0.29) is 12.8 Å². The standard InChI is InChI=1S/C32H45N5O5S/c1-5-11-25(12-6-2)43-21-27(36-30(41)24-15-10-18-34-20-24)31(42)35-26(19-23-13-8-7-9-14-23)28(39)29(40)32(4,16-17-33)37-22(3)38/h7-10,13-15,18,20,25-29,39-40H,5-6,11-12,16,19,21H2,1-4H3,(H,35,42)(H,36,41)(H,37,38)/t26-,27+,28+,29-,32?/m0/s1. The van der Waals surface area contributed by atoms with Crippen LogP contribution < -0.4 is 16.0 Å². The van der Waals surface area contributed by atoms with Gasteiger partial charge < -0.3 is 26.2 Å². The maximum Gasteiger partial charge on any atom is 0.253 e. The zero-order valence-electron chi connectivity index (χ0n) is 25.5. The summed E-state index contributed by atoms with van der Waals surface area (Å²) in [7, 11) is 0. The molecule has 0 aliphatic rings. The Morgan fingerprint density at radius 1 is 1.05 bits per heavy atom. The Morgan fingerprint density at radius 2 is 1.72 bits per heavy atom. The molecule has 1 aromatic heterocycles. The predicted octanol–water partition coefficient (Wildman–Crippen LogP) is 3.14. The van der Waals surface area contributed by atoms with Crippen LogP contribution >= 0.6 is 11.8 Å². The van der Waals surface area contributed by atoms with Gasteiger partial charge in [0.05, 0.1) is 29.6 Å². The molecule has 0 saturated carbocycles. The van der Waals surface area contributed by atoms with Crippen molar-refractivity contribution in [3.8, 4) is 6.07 Å². The average Bonchev–Trinajstić information content (AvgIpc) is 2.98. The molecule has 1 aromatic carbocycles. The summed E-state index contributed by atoms with van der Waals surface area (Å²) >= 11 is 1.62. The van der Waals surface area contributed by atoms with E-state index in [1.807, 2.05) is 36.4 Å². The number of benzene rings is 1. The van der Waals surface area contributed by atoms with Gasteiger partial charge in [-0.25, -0.2) is 0 Å². The fraction of sp³-hybridized carbons (Fsp3) is 0.531. The molecule has 11 heteroatoms. The van der Waals surface area contributed by atoms with E-state index in [0.29, 0.717) is 16.6 Å². The van der Waals surface area contributed by atoms with E-state index in [1.165, 1.54) is 20.0 Å². The highest BCUT2D eigenvalue weighted by molar-refractivity contribution is 7.99. The minimum Gasteiger partial charge on any atom is -0.388 e. The van der Waals surface area contributed by atoms with Gasteiger partial charge >= 0.3 is 0 Å². The van der Waals surface area contributed by atoms with Crippen molar-refractivity contribution in [1.82, 2.24) is 20.9 Å². The summed E-state index contributed by atoms with van der Waals surface area (Å²) in [5.41, 5.74) is -0.378. The number of nitrogens with zero attached hydrogens (tertiary/aromatic N) is 2. The number of aliphatic hydroxyl groups excluding tert-OH is 2. The molecule has 2 aromatic rings. The number of amides is 3. The van der Waals surface area contributed by atoms with Crippen LogP contribution in [0.3, 0.4) is 0 Å². The largest absolute Gasteiger partial charge is 0.388 e. The molecule has 0 radical (unpaired) electrons. The summed E-state index contributed by atoms with van der Waals surface area (Å²) in [6, 6.07) is 12.4. The first kappa shape index (κ1) is 35.7. The number of carbonyl (C=O) groups excluding carboxylic acids is 3. The fourth-order valence-electron chi connectivity index (χ4n) is 4.90.